The molecule has 0 spiro atoms. The average Bonchev–Trinajstić information content (AvgIpc) is 3.32. The molecule has 0 bridgehead atoms. The van der Waals surface area contributed by atoms with Crippen molar-refractivity contribution in [2.75, 3.05) is 23.3 Å². The zero-order valence-corrected chi connectivity index (χ0v) is 17.2. The lowest BCUT2D eigenvalue weighted by Gasteiger charge is -2.25. The monoisotopic (exact) mass is 413 g/mol. The molecule has 9 heteroatoms. The first-order chi connectivity index (χ1) is 13.9. The normalized spacial score (nSPS) is 18.7. The summed E-state index contributed by atoms with van der Waals surface area (Å²) >= 11 is 1.34. The van der Waals surface area contributed by atoms with Crippen molar-refractivity contribution in [1.82, 2.24) is 15.1 Å². The van der Waals surface area contributed by atoms with Gasteiger partial charge in [0.15, 0.2) is 0 Å². The van der Waals surface area contributed by atoms with Gasteiger partial charge in [0.1, 0.15) is 17.6 Å². The largest absolute Gasteiger partial charge is 0.327 e. The summed E-state index contributed by atoms with van der Waals surface area (Å²) in [6, 6.07) is 6.45. The van der Waals surface area contributed by atoms with Crippen LogP contribution in [0.2, 0.25) is 0 Å². The molecule has 0 aliphatic carbocycles. The molecule has 1 saturated heterocycles. The Hall–Kier alpha value is -2.81. The second kappa shape index (κ2) is 7.90. The first-order valence-electron chi connectivity index (χ1n) is 9.77. The molecule has 4 rings (SSSR count). The summed E-state index contributed by atoms with van der Waals surface area (Å²) < 4.78 is 0. The number of anilines is 2. The minimum absolute atomic E-state index is 0.151. The van der Waals surface area contributed by atoms with Gasteiger partial charge in [-0.3, -0.25) is 19.7 Å². The number of carbonyl (C=O) groups is 3. The molecule has 1 atom stereocenters. The van der Waals surface area contributed by atoms with Crippen LogP contribution >= 0.6 is 11.3 Å². The van der Waals surface area contributed by atoms with Gasteiger partial charge in [0.2, 0.25) is 16.9 Å². The van der Waals surface area contributed by atoms with Gasteiger partial charge in [-0.2, -0.15) is 0 Å². The molecule has 0 radical (unpaired) electrons. The molecule has 2 aliphatic heterocycles. The van der Waals surface area contributed by atoms with Crippen molar-refractivity contribution in [3.8, 4) is 0 Å². The van der Waals surface area contributed by atoms with Crippen LogP contribution in [0.4, 0.5) is 10.8 Å². The number of benzene rings is 1. The van der Waals surface area contributed by atoms with Crippen molar-refractivity contribution in [1.29, 1.82) is 0 Å². The smallest absolute Gasteiger partial charge is 0.256 e. The van der Waals surface area contributed by atoms with Crippen molar-refractivity contribution < 1.29 is 14.4 Å². The van der Waals surface area contributed by atoms with Gasteiger partial charge in [-0.25, -0.2) is 0 Å². The SMILES string of the molecule is CC(C)Cc1nnc(NC(=O)CN2C(=O)[C@H]3CCCN3C(=O)c3ccccc32)s1. The highest BCUT2D eigenvalue weighted by Gasteiger charge is 2.42. The number of nitrogens with one attached hydrogen (secondary N) is 1. The zero-order valence-electron chi connectivity index (χ0n) is 16.4. The van der Waals surface area contributed by atoms with Crippen LogP contribution in [0, 0.1) is 5.92 Å². The number of hydrogen-bond acceptors (Lipinski definition) is 6. The Morgan fingerprint density at radius 1 is 1.28 bits per heavy atom. The second-order valence-corrected chi connectivity index (χ2v) is 8.81. The second-order valence-electron chi connectivity index (χ2n) is 7.75. The molecule has 3 amide bonds. The van der Waals surface area contributed by atoms with Gasteiger partial charge >= 0.3 is 0 Å². The lowest BCUT2D eigenvalue weighted by Crippen LogP contribution is -2.47. The van der Waals surface area contributed by atoms with Crippen molar-refractivity contribution >= 4 is 39.9 Å². The number of carbonyl (C=O) groups excluding carboxylic acids is 3. The number of para-hydroxylation sites is 1. The molecule has 8 nitrogen and oxygen atoms in total. The Bertz CT molecular complexity index is 957. The first-order valence-corrected chi connectivity index (χ1v) is 10.6. The Labute approximate surface area is 172 Å². The van der Waals surface area contributed by atoms with E-state index in [2.05, 4.69) is 29.4 Å². The third-order valence-corrected chi connectivity index (χ3v) is 5.95. The molecule has 0 unspecified atom stereocenters. The van der Waals surface area contributed by atoms with Crippen molar-refractivity contribution in [3.05, 3.63) is 34.8 Å². The Morgan fingerprint density at radius 3 is 2.86 bits per heavy atom. The topological polar surface area (TPSA) is 95.5 Å². The fourth-order valence-electron chi connectivity index (χ4n) is 3.81. The molecule has 1 aromatic carbocycles. The van der Waals surface area contributed by atoms with Crippen LogP contribution in [-0.2, 0) is 16.0 Å². The number of nitrogens with zero attached hydrogens (tertiary/aromatic N) is 4. The minimum Gasteiger partial charge on any atom is -0.327 e. The Morgan fingerprint density at radius 2 is 2.07 bits per heavy atom. The van der Waals surface area contributed by atoms with Crippen LogP contribution in [0.5, 0.6) is 0 Å². The number of fused-ring (bicyclic) bond motifs is 2. The first kappa shape index (κ1) is 19.5. The summed E-state index contributed by atoms with van der Waals surface area (Å²) in [5, 5.41) is 12.1. The molecule has 1 N–H and O–H groups in total. The summed E-state index contributed by atoms with van der Waals surface area (Å²) in [7, 11) is 0. The van der Waals surface area contributed by atoms with Gasteiger partial charge in [0, 0.05) is 13.0 Å². The van der Waals surface area contributed by atoms with Crippen LogP contribution < -0.4 is 10.2 Å². The molecule has 1 fully saturated rings. The third-order valence-electron chi connectivity index (χ3n) is 5.09. The number of hydrogen-bond donors (Lipinski definition) is 1. The predicted octanol–water partition coefficient (Wildman–Crippen LogP) is 2.33. The van der Waals surface area contributed by atoms with E-state index in [1.807, 2.05) is 0 Å². The van der Waals surface area contributed by atoms with Crippen LogP contribution in [-0.4, -0.2) is 52.0 Å². The fourth-order valence-corrected chi connectivity index (χ4v) is 4.78. The van der Waals surface area contributed by atoms with Gasteiger partial charge < -0.3 is 9.80 Å². The van der Waals surface area contributed by atoms with E-state index < -0.39 is 6.04 Å². The Balaban J connectivity index is 1.55. The summed E-state index contributed by atoms with van der Waals surface area (Å²) in [6.07, 6.45) is 2.20. The van der Waals surface area contributed by atoms with Crippen molar-refractivity contribution in [2.24, 2.45) is 5.92 Å². The molecular weight excluding hydrogens is 390 g/mol. The van der Waals surface area contributed by atoms with Crippen LogP contribution in [0.25, 0.3) is 0 Å². The van der Waals surface area contributed by atoms with Crippen LogP contribution in [0.1, 0.15) is 42.1 Å². The fraction of sp³-hybridized carbons (Fsp3) is 0.450. The molecular formula is C20H23N5O3S. The Kier molecular flexibility index (Phi) is 5.31. The summed E-state index contributed by atoms with van der Waals surface area (Å²) in [6.45, 7) is 4.57. The zero-order chi connectivity index (χ0) is 20.5. The van der Waals surface area contributed by atoms with Gasteiger partial charge in [0.25, 0.3) is 5.91 Å². The number of amides is 3. The van der Waals surface area contributed by atoms with Crippen LogP contribution in [0.3, 0.4) is 0 Å². The maximum atomic E-state index is 13.2. The molecule has 1 aromatic heterocycles. The predicted molar refractivity (Wildman–Crippen MR) is 110 cm³/mol. The van der Waals surface area contributed by atoms with Gasteiger partial charge in [-0.1, -0.05) is 37.3 Å². The van der Waals surface area contributed by atoms with E-state index in [1.54, 1.807) is 29.2 Å². The maximum Gasteiger partial charge on any atom is 0.256 e. The van der Waals surface area contributed by atoms with Crippen molar-refractivity contribution in [3.63, 3.8) is 0 Å². The third kappa shape index (κ3) is 3.87. The number of aromatic nitrogens is 2. The average molecular weight is 414 g/mol. The van der Waals surface area contributed by atoms with E-state index in [4.69, 9.17) is 0 Å². The highest BCUT2D eigenvalue weighted by molar-refractivity contribution is 7.15. The van der Waals surface area contributed by atoms with E-state index in [0.29, 0.717) is 35.3 Å². The lowest BCUT2D eigenvalue weighted by molar-refractivity contribution is -0.124. The summed E-state index contributed by atoms with van der Waals surface area (Å²) in [5.41, 5.74) is 0.929. The van der Waals surface area contributed by atoms with E-state index >= 15 is 0 Å². The molecule has 152 valence electrons. The standard InChI is InChI=1S/C20H23N5O3S/c1-12(2)10-17-22-23-20(29-17)21-16(26)11-25-14-7-4-3-6-13(14)18(27)24-9-5-8-15(24)19(25)28/h3-4,6-7,12,15H,5,8-11H2,1-2H3,(H,21,23,26)/t15-/m1/s1. The molecule has 29 heavy (non-hydrogen) atoms. The highest BCUT2D eigenvalue weighted by Crippen LogP contribution is 2.32. The van der Waals surface area contributed by atoms with E-state index in [9.17, 15) is 14.4 Å². The number of rotatable bonds is 5. The van der Waals surface area contributed by atoms with Gasteiger partial charge in [-0.05, 0) is 30.9 Å². The quantitative estimate of drug-likeness (QED) is 0.812. The van der Waals surface area contributed by atoms with Gasteiger partial charge in [0.05, 0.1) is 11.3 Å². The van der Waals surface area contributed by atoms with Crippen molar-refractivity contribution in [2.45, 2.75) is 39.2 Å². The highest BCUT2D eigenvalue weighted by atomic mass is 32.1. The van der Waals surface area contributed by atoms with Crippen LogP contribution in [0.15, 0.2) is 24.3 Å². The minimum atomic E-state index is -0.512. The van der Waals surface area contributed by atoms with E-state index in [1.165, 1.54) is 16.2 Å². The summed E-state index contributed by atoms with van der Waals surface area (Å²) in [4.78, 5) is 41.8. The molecule has 2 aromatic rings. The van der Waals surface area contributed by atoms with E-state index in [0.717, 1.165) is 17.8 Å². The summed E-state index contributed by atoms with van der Waals surface area (Å²) in [5.74, 6) is -0.278. The van der Waals surface area contributed by atoms with Gasteiger partial charge in [-0.15, -0.1) is 10.2 Å². The molecule has 3 heterocycles. The van der Waals surface area contributed by atoms with E-state index in [-0.39, 0.29) is 24.3 Å². The maximum absolute atomic E-state index is 13.2. The lowest BCUT2D eigenvalue weighted by atomic mass is 10.1. The molecule has 0 saturated carbocycles. The molecule has 2 aliphatic rings.